The second-order valence-electron chi connectivity index (χ2n) is 2.84. The Bertz CT molecular complexity index is 206. The number of hydrogen-bond acceptors (Lipinski definition) is 4. The van der Waals surface area contributed by atoms with Gasteiger partial charge in [-0.2, -0.15) is 0 Å². The quantitative estimate of drug-likeness (QED) is 0.370. The molecule has 14 heavy (non-hydrogen) atoms. The van der Waals surface area contributed by atoms with Gasteiger partial charge >= 0.3 is 5.97 Å². The van der Waals surface area contributed by atoms with Gasteiger partial charge in [-0.1, -0.05) is 0 Å². The maximum atomic E-state index is 10.7. The number of methoxy groups -OCH3 is 1. The Balaban J connectivity index is 4.20. The number of nitrogens with two attached hydrogens (primary N) is 2. The number of carboxylic acid groups (broad SMARTS) is 1. The first-order valence-corrected chi connectivity index (χ1v) is 4.35. The molecule has 0 saturated carbocycles. The Morgan fingerprint density at radius 1 is 1.64 bits per heavy atom. The number of hydrogen-bond donors (Lipinski definition) is 3. The summed E-state index contributed by atoms with van der Waals surface area (Å²) in [5.74, 6) is -0.797. The van der Waals surface area contributed by atoms with Crippen LogP contribution in [0.1, 0.15) is 12.8 Å². The predicted molar refractivity (Wildman–Crippen MR) is 53.2 cm³/mol. The topological polar surface area (TPSA) is 111 Å². The lowest BCUT2D eigenvalue weighted by molar-refractivity contribution is -0.138. The van der Waals surface area contributed by atoms with Crippen LogP contribution in [0.4, 0.5) is 0 Å². The highest BCUT2D eigenvalue weighted by Crippen LogP contribution is 2.01. The van der Waals surface area contributed by atoms with E-state index in [9.17, 15) is 4.79 Å². The molecule has 0 aliphatic heterocycles. The van der Waals surface area contributed by atoms with Crippen LogP contribution in [0, 0.1) is 0 Å². The van der Waals surface area contributed by atoms with E-state index in [1.54, 1.807) is 0 Å². The van der Waals surface area contributed by atoms with Crippen LogP contribution in [-0.4, -0.2) is 43.2 Å². The highest BCUT2D eigenvalue weighted by Gasteiger charge is 2.15. The van der Waals surface area contributed by atoms with Crippen molar-refractivity contribution in [3.05, 3.63) is 0 Å². The van der Waals surface area contributed by atoms with Crippen molar-refractivity contribution in [1.29, 1.82) is 0 Å². The number of ether oxygens (including phenoxy) is 1. The van der Waals surface area contributed by atoms with Gasteiger partial charge in [0.1, 0.15) is 18.5 Å². The van der Waals surface area contributed by atoms with Gasteiger partial charge in [-0.3, -0.25) is 4.99 Å². The van der Waals surface area contributed by atoms with Gasteiger partial charge < -0.3 is 21.3 Å². The van der Waals surface area contributed by atoms with Crippen LogP contribution >= 0.6 is 0 Å². The zero-order valence-electron chi connectivity index (χ0n) is 8.27. The van der Waals surface area contributed by atoms with E-state index < -0.39 is 12.0 Å². The molecule has 0 spiro atoms. The molecule has 0 fully saturated rings. The van der Waals surface area contributed by atoms with Crippen LogP contribution in [0.3, 0.4) is 0 Å². The summed E-state index contributed by atoms with van der Waals surface area (Å²) in [6.07, 6.45) is 1.01. The molecule has 0 aliphatic carbocycles. The average Bonchev–Trinajstić information content (AvgIpc) is 2.12. The molecule has 0 saturated heterocycles. The van der Waals surface area contributed by atoms with Gasteiger partial charge in [-0.15, -0.1) is 0 Å². The first-order chi connectivity index (χ1) is 6.61. The van der Waals surface area contributed by atoms with Crippen molar-refractivity contribution >= 4 is 11.8 Å². The van der Waals surface area contributed by atoms with Crippen LogP contribution in [0.2, 0.25) is 0 Å². The molecule has 82 valence electrons. The van der Waals surface area contributed by atoms with Crippen molar-refractivity contribution in [1.82, 2.24) is 0 Å². The molecular weight excluding hydrogens is 186 g/mol. The maximum Gasteiger partial charge on any atom is 0.328 e. The normalized spacial score (nSPS) is 14.0. The molecule has 0 aromatic heterocycles. The highest BCUT2D eigenvalue weighted by atomic mass is 16.5. The molecule has 0 amide bonds. The Morgan fingerprint density at radius 3 is 2.71 bits per heavy atom. The van der Waals surface area contributed by atoms with Gasteiger partial charge in [0.25, 0.3) is 0 Å². The first kappa shape index (κ1) is 12.9. The number of aliphatic imine (C=N–C) groups is 1. The second kappa shape index (κ2) is 7.28. The zero-order valence-corrected chi connectivity index (χ0v) is 8.27. The minimum absolute atomic E-state index is 0.145. The predicted octanol–water partition coefficient (Wildman–Crippen LogP) is -0.818. The number of carbonyl (C=O) groups is 1. The van der Waals surface area contributed by atoms with Gasteiger partial charge in [-0.25, -0.2) is 4.79 Å². The first-order valence-electron chi connectivity index (χ1n) is 4.35. The van der Waals surface area contributed by atoms with E-state index in [2.05, 4.69) is 4.99 Å². The standard InChI is InChI=1S/C8H17N3O3/c1-14-5-7(10)11-6(8(12)13)3-2-4-9/h6H,2-5,9H2,1H3,(H2,10,11)(H,12,13)/t6-/m0/s1. The summed E-state index contributed by atoms with van der Waals surface area (Å²) in [5.41, 5.74) is 10.7. The minimum Gasteiger partial charge on any atom is -0.480 e. The van der Waals surface area contributed by atoms with Crippen molar-refractivity contribution in [2.75, 3.05) is 20.3 Å². The smallest absolute Gasteiger partial charge is 0.328 e. The summed E-state index contributed by atoms with van der Waals surface area (Å²) in [6, 6.07) is -0.811. The fourth-order valence-electron chi connectivity index (χ4n) is 0.940. The third kappa shape index (κ3) is 5.50. The van der Waals surface area contributed by atoms with Crippen molar-refractivity contribution in [3.63, 3.8) is 0 Å². The molecule has 1 atom stereocenters. The van der Waals surface area contributed by atoms with Gasteiger partial charge in [0, 0.05) is 7.11 Å². The molecular formula is C8H17N3O3. The van der Waals surface area contributed by atoms with Gasteiger partial charge in [0.15, 0.2) is 0 Å². The maximum absolute atomic E-state index is 10.7. The molecule has 0 aromatic rings. The Hall–Kier alpha value is -1.14. The summed E-state index contributed by atoms with van der Waals surface area (Å²) in [5, 5.41) is 8.77. The van der Waals surface area contributed by atoms with Crippen molar-refractivity contribution in [2.24, 2.45) is 16.5 Å². The number of aliphatic carboxylic acids is 1. The number of carboxylic acids is 1. The van der Waals surface area contributed by atoms with Crippen LogP contribution in [-0.2, 0) is 9.53 Å². The fourth-order valence-corrected chi connectivity index (χ4v) is 0.940. The number of nitrogens with zero attached hydrogens (tertiary/aromatic N) is 1. The Labute approximate surface area is 82.9 Å². The summed E-state index contributed by atoms with van der Waals surface area (Å²) in [7, 11) is 1.47. The van der Waals surface area contributed by atoms with E-state index in [1.165, 1.54) is 7.11 Å². The zero-order chi connectivity index (χ0) is 11.0. The molecule has 0 aliphatic rings. The van der Waals surface area contributed by atoms with Crippen LogP contribution in [0.15, 0.2) is 4.99 Å². The lowest BCUT2D eigenvalue weighted by atomic mass is 10.1. The van der Waals surface area contributed by atoms with Gasteiger partial charge in [0.05, 0.1) is 0 Å². The molecule has 0 unspecified atom stereocenters. The van der Waals surface area contributed by atoms with Crippen LogP contribution in [0.5, 0.6) is 0 Å². The molecule has 0 rings (SSSR count). The molecule has 6 heteroatoms. The van der Waals surface area contributed by atoms with Crippen molar-refractivity contribution < 1.29 is 14.6 Å². The molecule has 0 radical (unpaired) electrons. The van der Waals surface area contributed by atoms with E-state index >= 15 is 0 Å². The highest BCUT2D eigenvalue weighted by molar-refractivity contribution is 5.85. The van der Waals surface area contributed by atoms with E-state index in [0.29, 0.717) is 19.4 Å². The Kier molecular flexibility index (Phi) is 6.69. The summed E-state index contributed by atoms with van der Waals surface area (Å²) >= 11 is 0. The largest absolute Gasteiger partial charge is 0.480 e. The molecule has 0 bridgehead atoms. The van der Waals surface area contributed by atoms with Crippen molar-refractivity contribution in [3.8, 4) is 0 Å². The molecule has 0 aromatic carbocycles. The van der Waals surface area contributed by atoms with Gasteiger partial charge in [0.2, 0.25) is 0 Å². The summed E-state index contributed by atoms with van der Waals surface area (Å²) in [6.45, 7) is 0.593. The number of amidine groups is 1. The lowest BCUT2D eigenvalue weighted by Crippen LogP contribution is -2.26. The van der Waals surface area contributed by atoms with Gasteiger partial charge in [-0.05, 0) is 19.4 Å². The van der Waals surface area contributed by atoms with E-state index in [-0.39, 0.29) is 12.4 Å². The third-order valence-electron chi connectivity index (χ3n) is 1.58. The monoisotopic (exact) mass is 203 g/mol. The SMILES string of the molecule is COCC(N)=N[C@@H](CCCN)C(=O)O. The van der Waals surface area contributed by atoms with Crippen molar-refractivity contribution in [2.45, 2.75) is 18.9 Å². The molecule has 5 N–H and O–H groups in total. The average molecular weight is 203 g/mol. The fraction of sp³-hybridized carbons (Fsp3) is 0.750. The van der Waals surface area contributed by atoms with E-state index in [4.69, 9.17) is 21.3 Å². The minimum atomic E-state index is -0.988. The third-order valence-corrected chi connectivity index (χ3v) is 1.58. The van der Waals surface area contributed by atoms with Crippen LogP contribution < -0.4 is 11.5 Å². The number of rotatable bonds is 7. The summed E-state index contributed by atoms with van der Waals surface area (Å²) in [4.78, 5) is 14.5. The molecule has 0 heterocycles. The summed E-state index contributed by atoms with van der Waals surface area (Å²) < 4.78 is 4.72. The van der Waals surface area contributed by atoms with E-state index in [1.807, 2.05) is 0 Å². The molecule has 6 nitrogen and oxygen atoms in total. The van der Waals surface area contributed by atoms with Crippen LogP contribution in [0.25, 0.3) is 0 Å². The Morgan fingerprint density at radius 2 is 2.29 bits per heavy atom. The lowest BCUT2D eigenvalue weighted by Gasteiger charge is -2.07. The second-order valence-corrected chi connectivity index (χ2v) is 2.84. The van der Waals surface area contributed by atoms with E-state index in [0.717, 1.165) is 0 Å².